The van der Waals surface area contributed by atoms with Gasteiger partial charge in [0.15, 0.2) is 4.32 Å². The van der Waals surface area contributed by atoms with E-state index in [9.17, 15) is 4.79 Å². The monoisotopic (exact) mass is 406 g/mol. The number of aryl methyl sites for hydroxylation is 1. The Hall–Kier alpha value is -1.66. The average Bonchev–Trinajstić information content (AvgIpc) is 2.81. The van der Waals surface area contributed by atoms with Gasteiger partial charge >= 0.3 is 0 Å². The quantitative estimate of drug-likeness (QED) is 0.381. The van der Waals surface area contributed by atoms with Gasteiger partial charge in [-0.15, -0.1) is 0 Å². The summed E-state index contributed by atoms with van der Waals surface area (Å²) in [5.74, 6) is -0.252. The van der Waals surface area contributed by atoms with Crippen molar-refractivity contribution < 1.29 is 4.79 Å². The molecule has 0 N–H and O–H groups in total. The molecule has 1 aliphatic heterocycles. The highest BCUT2D eigenvalue weighted by Crippen LogP contribution is 2.33. The van der Waals surface area contributed by atoms with Crippen molar-refractivity contribution in [2.24, 2.45) is 5.10 Å². The van der Waals surface area contributed by atoms with E-state index in [4.69, 9.17) is 35.4 Å². The Kier molecular flexibility index (Phi) is 5.59. The third-order valence-corrected chi connectivity index (χ3v) is 5.23. The molecule has 0 spiro atoms. The molecule has 0 bridgehead atoms. The second-order valence-corrected chi connectivity index (χ2v) is 7.84. The molecule has 0 unspecified atom stereocenters. The van der Waals surface area contributed by atoms with Crippen molar-refractivity contribution in [3.8, 4) is 0 Å². The van der Waals surface area contributed by atoms with Crippen molar-refractivity contribution in [3.05, 3.63) is 74.1 Å². The van der Waals surface area contributed by atoms with Crippen LogP contribution < -0.4 is 0 Å². The van der Waals surface area contributed by atoms with Crippen LogP contribution in [0.4, 0.5) is 0 Å². The zero-order chi connectivity index (χ0) is 18.0. The van der Waals surface area contributed by atoms with Crippen molar-refractivity contribution in [3.63, 3.8) is 0 Å². The maximum Gasteiger partial charge on any atom is 0.286 e. The molecular weight excluding hydrogens is 395 g/mol. The highest BCUT2D eigenvalue weighted by Gasteiger charge is 2.32. The summed E-state index contributed by atoms with van der Waals surface area (Å²) >= 11 is 18.5. The molecule has 0 saturated carbocycles. The van der Waals surface area contributed by atoms with Gasteiger partial charge in [-0.05, 0) is 42.9 Å². The number of thioether (sulfide) groups is 1. The lowest BCUT2D eigenvalue weighted by Crippen LogP contribution is -2.22. The van der Waals surface area contributed by atoms with Crippen molar-refractivity contribution in [2.75, 3.05) is 0 Å². The number of carbonyl (C=O) groups is 1. The number of hydrazone groups is 1. The van der Waals surface area contributed by atoms with E-state index in [-0.39, 0.29) is 5.91 Å². The fourth-order valence-corrected chi connectivity index (χ4v) is 3.83. The zero-order valence-corrected chi connectivity index (χ0v) is 16.2. The maximum atomic E-state index is 12.5. The Labute approximate surface area is 165 Å². The summed E-state index contributed by atoms with van der Waals surface area (Å²) in [6, 6.07) is 12.9. The predicted molar refractivity (Wildman–Crippen MR) is 110 cm³/mol. The van der Waals surface area contributed by atoms with E-state index in [1.807, 2.05) is 37.3 Å². The lowest BCUT2D eigenvalue weighted by molar-refractivity contribution is -0.122. The van der Waals surface area contributed by atoms with Gasteiger partial charge < -0.3 is 0 Å². The Morgan fingerprint density at radius 2 is 2.00 bits per heavy atom. The van der Waals surface area contributed by atoms with Gasteiger partial charge in [-0.25, -0.2) is 0 Å². The third kappa shape index (κ3) is 4.30. The van der Waals surface area contributed by atoms with Crippen LogP contribution in [-0.4, -0.2) is 21.5 Å². The molecule has 25 heavy (non-hydrogen) atoms. The normalized spacial score (nSPS) is 16.4. The van der Waals surface area contributed by atoms with Crippen LogP contribution in [0.3, 0.4) is 0 Å². The number of nitrogens with zero attached hydrogens (tertiary/aromatic N) is 2. The van der Waals surface area contributed by atoms with Gasteiger partial charge in [0.2, 0.25) is 0 Å². The summed E-state index contributed by atoms with van der Waals surface area (Å²) in [5.41, 5.74) is 2.73. The van der Waals surface area contributed by atoms with Crippen LogP contribution in [0.1, 0.15) is 16.7 Å². The van der Waals surface area contributed by atoms with Crippen LogP contribution in [-0.2, 0) is 4.79 Å². The third-order valence-electron chi connectivity index (χ3n) is 3.39. The summed E-state index contributed by atoms with van der Waals surface area (Å²) in [4.78, 5) is 13.1. The van der Waals surface area contributed by atoms with Crippen LogP contribution >= 0.6 is 47.2 Å². The first-order valence-corrected chi connectivity index (χ1v) is 9.26. The molecule has 3 rings (SSSR count). The number of carbonyl (C=O) groups excluding carboxylic acids is 1. The minimum Gasteiger partial charge on any atom is -0.266 e. The Bertz CT molecular complexity index is 925. The molecule has 0 atom stereocenters. The van der Waals surface area contributed by atoms with Crippen molar-refractivity contribution >= 4 is 69.7 Å². The van der Waals surface area contributed by atoms with Crippen LogP contribution in [0.15, 0.2) is 52.5 Å². The Balaban J connectivity index is 1.83. The summed E-state index contributed by atoms with van der Waals surface area (Å²) in [6.45, 7) is 2.00. The first-order chi connectivity index (χ1) is 11.9. The molecule has 2 aromatic rings. The molecule has 3 nitrogen and oxygen atoms in total. The molecule has 0 aromatic heterocycles. The zero-order valence-electron chi connectivity index (χ0n) is 13.1. The number of amides is 1. The highest BCUT2D eigenvalue weighted by molar-refractivity contribution is 8.26. The molecule has 1 saturated heterocycles. The number of halogens is 2. The van der Waals surface area contributed by atoms with E-state index in [2.05, 4.69) is 5.10 Å². The first-order valence-electron chi connectivity index (χ1n) is 7.28. The number of hydrogen-bond acceptors (Lipinski definition) is 4. The van der Waals surface area contributed by atoms with Gasteiger partial charge in [0, 0.05) is 10.6 Å². The highest BCUT2D eigenvalue weighted by atomic mass is 35.5. The molecule has 126 valence electrons. The molecule has 0 aliphatic carbocycles. The maximum absolute atomic E-state index is 12.5. The molecule has 1 heterocycles. The standard InChI is InChI=1S/C18H12Cl2N2OS2/c1-11-3-2-4-12(7-11)8-16-17(23)22(18(24)25-16)21-10-13-5-6-14(19)9-15(13)20/h2-10H,1H3. The lowest BCUT2D eigenvalue weighted by Gasteiger charge is -2.06. The Morgan fingerprint density at radius 3 is 2.72 bits per heavy atom. The summed E-state index contributed by atoms with van der Waals surface area (Å²) in [6.07, 6.45) is 3.32. The fourth-order valence-electron chi connectivity index (χ4n) is 2.20. The summed E-state index contributed by atoms with van der Waals surface area (Å²) in [7, 11) is 0. The SMILES string of the molecule is Cc1cccc(C=C2SC(=S)N(N=Cc3ccc(Cl)cc3Cl)C2=O)c1. The largest absolute Gasteiger partial charge is 0.286 e. The second kappa shape index (κ2) is 7.70. The van der Waals surface area contributed by atoms with Gasteiger partial charge in [-0.1, -0.05) is 70.9 Å². The first kappa shape index (κ1) is 18.1. The smallest absolute Gasteiger partial charge is 0.266 e. The number of rotatable bonds is 3. The van der Waals surface area contributed by atoms with Crippen molar-refractivity contribution in [1.82, 2.24) is 5.01 Å². The summed E-state index contributed by atoms with van der Waals surface area (Å²) < 4.78 is 0.380. The number of thiocarbonyl (C=S) groups is 1. The minimum atomic E-state index is -0.252. The van der Waals surface area contributed by atoms with Gasteiger partial charge in [-0.2, -0.15) is 10.1 Å². The lowest BCUT2D eigenvalue weighted by atomic mass is 10.1. The van der Waals surface area contributed by atoms with Gasteiger partial charge in [0.05, 0.1) is 16.1 Å². The fraction of sp³-hybridized carbons (Fsp3) is 0.0556. The van der Waals surface area contributed by atoms with E-state index >= 15 is 0 Å². The number of benzene rings is 2. The van der Waals surface area contributed by atoms with Gasteiger partial charge in [0.25, 0.3) is 5.91 Å². The molecule has 1 fully saturated rings. The molecule has 1 amide bonds. The van der Waals surface area contributed by atoms with Crippen molar-refractivity contribution in [2.45, 2.75) is 6.92 Å². The van der Waals surface area contributed by atoms with Crippen LogP contribution in [0.5, 0.6) is 0 Å². The molecule has 0 radical (unpaired) electrons. The second-order valence-electron chi connectivity index (χ2n) is 5.32. The van der Waals surface area contributed by atoms with E-state index in [0.29, 0.717) is 24.8 Å². The minimum absolute atomic E-state index is 0.252. The molecular formula is C18H12Cl2N2OS2. The van der Waals surface area contributed by atoms with E-state index in [0.717, 1.165) is 11.1 Å². The van der Waals surface area contributed by atoms with E-state index in [1.54, 1.807) is 18.2 Å². The molecule has 7 heteroatoms. The predicted octanol–water partition coefficient (Wildman–Crippen LogP) is 5.54. The number of hydrogen-bond donors (Lipinski definition) is 0. The average molecular weight is 407 g/mol. The van der Waals surface area contributed by atoms with Crippen LogP contribution in [0.25, 0.3) is 6.08 Å². The van der Waals surface area contributed by atoms with Crippen molar-refractivity contribution in [1.29, 1.82) is 0 Å². The topological polar surface area (TPSA) is 32.7 Å². The van der Waals surface area contributed by atoms with Crippen LogP contribution in [0.2, 0.25) is 10.0 Å². The van der Waals surface area contributed by atoms with Gasteiger partial charge in [-0.3, -0.25) is 4.79 Å². The van der Waals surface area contributed by atoms with E-state index < -0.39 is 0 Å². The van der Waals surface area contributed by atoms with Gasteiger partial charge in [0.1, 0.15) is 0 Å². The molecule has 1 aliphatic rings. The molecule has 2 aromatic carbocycles. The van der Waals surface area contributed by atoms with E-state index in [1.165, 1.54) is 23.0 Å². The Morgan fingerprint density at radius 1 is 1.20 bits per heavy atom. The van der Waals surface area contributed by atoms with Crippen LogP contribution in [0, 0.1) is 6.92 Å². The summed E-state index contributed by atoms with van der Waals surface area (Å²) in [5, 5.41) is 6.38.